The van der Waals surface area contributed by atoms with Gasteiger partial charge in [0.15, 0.2) is 5.96 Å². The Balaban J connectivity index is 4.54. The molecule has 3 N–H and O–H groups in total. The third-order valence-corrected chi connectivity index (χ3v) is 2.83. The van der Waals surface area contributed by atoms with Crippen LogP contribution in [0.25, 0.3) is 0 Å². The Labute approximate surface area is 135 Å². The van der Waals surface area contributed by atoms with Gasteiger partial charge in [-0.05, 0) is 32.1 Å². The highest BCUT2D eigenvalue weighted by Crippen LogP contribution is 2.04. The van der Waals surface area contributed by atoms with Crippen LogP contribution in [0.1, 0.15) is 48.0 Å². The predicted molar refractivity (Wildman–Crippen MR) is 92.2 cm³/mol. The summed E-state index contributed by atoms with van der Waals surface area (Å²) in [6.45, 7) is 15.0. The molecule has 0 spiro atoms. The van der Waals surface area contributed by atoms with Gasteiger partial charge in [0.2, 0.25) is 0 Å². The van der Waals surface area contributed by atoms with Crippen molar-refractivity contribution in [2.24, 2.45) is 16.8 Å². The molecule has 1 unspecified atom stereocenters. The summed E-state index contributed by atoms with van der Waals surface area (Å²) >= 11 is 0. The Hall–Kier alpha value is -1.46. The van der Waals surface area contributed by atoms with Crippen LogP contribution in [0.15, 0.2) is 4.99 Å². The molecule has 0 aromatic carbocycles. The number of carbonyl (C=O) groups is 1. The van der Waals surface area contributed by atoms with Gasteiger partial charge in [0.05, 0.1) is 6.61 Å². The van der Waals surface area contributed by atoms with Crippen molar-refractivity contribution in [1.29, 1.82) is 0 Å². The topological polar surface area (TPSA) is 74.8 Å². The summed E-state index contributed by atoms with van der Waals surface area (Å²) in [5.74, 6) is 1.79. The summed E-state index contributed by atoms with van der Waals surface area (Å²) < 4.78 is 4.96. The van der Waals surface area contributed by atoms with E-state index in [1.54, 1.807) is 6.92 Å². The zero-order chi connectivity index (χ0) is 17.0. The highest BCUT2D eigenvalue weighted by atomic mass is 16.5. The highest BCUT2D eigenvalue weighted by molar-refractivity contribution is 5.79. The van der Waals surface area contributed by atoms with E-state index in [-0.39, 0.29) is 12.1 Å². The normalized spacial score (nSPS) is 13.2. The summed E-state index contributed by atoms with van der Waals surface area (Å²) in [5.41, 5.74) is 0. The minimum absolute atomic E-state index is 0.0157. The number of nitrogens with zero attached hydrogens (tertiary/aromatic N) is 1. The third kappa shape index (κ3) is 11.2. The van der Waals surface area contributed by atoms with E-state index in [1.165, 1.54) is 0 Å². The predicted octanol–water partition coefficient (Wildman–Crippen LogP) is 2.36. The molecule has 0 aliphatic rings. The molecule has 6 nitrogen and oxygen atoms in total. The molecular formula is C16H34N4O2. The van der Waals surface area contributed by atoms with Crippen molar-refractivity contribution in [3.05, 3.63) is 0 Å². The Morgan fingerprint density at radius 3 is 2.27 bits per heavy atom. The molecule has 130 valence electrons. The summed E-state index contributed by atoms with van der Waals surface area (Å²) in [7, 11) is 0. The minimum atomic E-state index is -0.362. The Morgan fingerprint density at radius 1 is 1.09 bits per heavy atom. The van der Waals surface area contributed by atoms with E-state index < -0.39 is 0 Å². The van der Waals surface area contributed by atoms with Gasteiger partial charge in [-0.15, -0.1) is 0 Å². The lowest BCUT2D eigenvalue weighted by Crippen LogP contribution is -2.47. The lowest BCUT2D eigenvalue weighted by molar-refractivity contribution is 0.146. The average molecular weight is 314 g/mol. The first-order chi connectivity index (χ1) is 10.4. The number of alkyl carbamates (subject to hydrolysis) is 1. The molecule has 1 atom stereocenters. The molecule has 0 aliphatic heterocycles. The number of carbonyl (C=O) groups excluding carboxylic acids is 1. The highest BCUT2D eigenvalue weighted by Gasteiger charge is 2.15. The molecule has 0 fully saturated rings. The Kier molecular flexibility index (Phi) is 11.3. The second-order valence-electron chi connectivity index (χ2n) is 6.19. The maximum Gasteiger partial charge on any atom is 0.407 e. The van der Waals surface area contributed by atoms with Gasteiger partial charge in [0.1, 0.15) is 0 Å². The van der Waals surface area contributed by atoms with Gasteiger partial charge in [-0.3, -0.25) is 4.99 Å². The van der Waals surface area contributed by atoms with Crippen molar-refractivity contribution in [3.63, 3.8) is 0 Å². The Bertz CT molecular complexity index is 330. The lowest BCUT2D eigenvalue weighted by Gasteiger charge is -2.22. The van der Waals surface area contributed by atoms with Crippen molar-refractivity contribution in [2.45, 2.75) is 54.0 Å². The molecule has 22 heavy (non-hydrogen) atoms. The standard InChI is InChI=1S/C16H34N4O2/c1-7-17-15(18-10-13(5)6)19-11-14(9-12(3)4)20-16(21)22-8-2/h12-14H,7-11H2,1-6H3,(H,20,21)(H2,17,18,19). The molecule has 0 aromatic heterocycles. The van der Waals surface area contributed by atoms with E-state index in [0.29, 0.717) is 25.0 Å². The number of aliphatic imine (C=N–C) groups is 1. The smallest absolute Gasteiger partial charge is 0.407 e. The van der Waals surface area contributed by atoms with Crippen molar-refractivity contribution < 1.29 is 9.53 Å². The zero-order valence-corrected chi connectivity index (χ0v) is 15.0. The fraction of sp³-hybridized carbons (Fsp3) is 0.875. The molecule has 1 amide bonds. The van der Waals surface area contributed by atoms with Gasteiger partial charge in [-0.25, -0.2) is 4.79 Å². The molecule has 6 heteroatoms. The fourth-order valence-corrected chi connectivity index (χ4v) is 1.94. The SMILES string of the molecule is CCNC(=NCC(C)C)NCC(CC(C)C)NC(=O)OCC. The van der Waals surface area contributed by atoms with Crippen LogP contribution >= 0.6 is 0 Å². The van der Waals surface area contributed by atoms with E-state index in [2.05, 4.69) is 48.6 Å². The molecule has 0 aromatic rings. The van der Waals surface area contributed by atoms with E-state index >= 15 is 0 Å². The monoisotopic (exact) mass is 314 g/mol. The number of amides is 1. The zero-order valence-electron chi connectivity index (χ0n) is 15.0. The lowest BCUT2D eigenvalue weighted by atomic mass is 10.0. The number of nitrogens with one attached hydrogen (secondary N) is 3. The molecule has 0 heterocycles. The van der Waals surface area contributed by atoms with Gasteiger partial charge < -0.3 is 20.7 Å². The second-order valence-corrected chi connectivity index (χ2v) is 6.19. The first-order valence-electron chi connectivity index (χ1n) is 8.34. The summed E-state index contributed by atoms with van der Waals surface area (Å²) in [6.07, 6.45) is 0.522. The van der Waals surface area contributed by atoms with Crippen molar-refractivity contribution >= 4 is 12.1 Å². The van der Waals surface area contributed by atoms with Crippen LogP contribution in [0.2, 0.25) is 0 Å². The maximum atomic E-state index is 11.6. The van der Waals surface area contributed by atoms with Gasteiger partial charge in [-0.1, -0.05) is 27.7 Å². The van der Waals surface area contributed by atoms with E-state index in [9.17, 15) is 4.79 Å². The van der Waals surface area contributed by atoms with Gasteiger partial charge in [0.25, 0.3) is 0 Å². The van der Waals surface area contributed by atoms with Gasteiger partial charge in [0, 0.05) is 25.7 Å². The number of rotatable bonds is 9. The van der Waals surface area contributed by atoms with Crippen LogP contribution in [0.3, 0.4) is 0 Å². The van der Waals surface area contributed by atoms with Crippen LogP contribution in [-0.2, 0) is 4.74 Å². The third-order valence-electron chi connectivity index (χ3n) is 2.83. The van der Waals surface area contributed by atoms with Gasteiger partial charge in [-0.2, -0.15) is 0 Å². The van der Waals surface area contributed by atoms with Crippen LogP contribution in [0.5, 0.6) is 0 Å². The van der Waals surface area contributed by atoms with E-state index in [1.807, 2.05) is 6.92 Å². The molecule has 0 radical (unpaired) electrons. The molecule has 0 saturated carbocycles. The van der Waals surface area contributed by atoms with Crippen molar-refractivity contribution in [3.8, 4) is 0 Å². The van der Waals surface area contributed by atoms with Crippen molar-refractivity contribution in [1.82, 2.24) is 16.0 Å². The summed E-state index contributed by atoms with van der Waals surface area (Å²) in [5, 5.41) is 9.42. The second kappa shape index (κ2) is 12.1. The minimum Gasteiger partial charge on any atom is -0.450 e. The maximum absolute atomic E-state index is 11.6. The van der Waals surface area contributed by atoms with Crippen LogP contribution in [0.4, 0.5) is 4.79 Å². The van der Waals surface area contributed by atoms with Crippen molar-refractivity contribution in [2.75, 3.05) is 26.2 Å². The van der Waals surface area contributed by atoms with E-state index in [0.717, 1.165) is 25.5 Å². The number of ether oxygens (including phenoxy) is 1. The molecule has 0 saturated heterocycles. The molecular weight excluding hydrogens is 280 g/mol. The molecule has 0 aliphatic carbocycles. The summed E-state index contributed by atoms with van der Waals surface area (Å²) in [4.78, 5) is 16.1. The largest absolute Gasteiger partial charge is 0.450 e. The number of guanidine groups is 1. The molecule has 0 bridgehead atoms. The average Bonchev–Trinajstić information content (AvgIpc) is 2.41. The first kappa shape index (κ1) is 20.5. The van der Waals surface area contributed by atoms with Crippen LogP contribution in [-0.4, -0.2) is 44.3 Å². The summed E-state index contributed by atoms with van der Waals surface area (Å²) in [6, 6.07) is 0.0157. The van der Waals surface area contributed by atoms with Crippen LogP contribution < -0.4 is 16.0 Å². The van der Waals surface area contributed by atoms with E-state index in [4.69, 9.17) is 4.74 Å². The number of hydrogen-bond donors (Lipinski definition) is 3. The first-order valence-corrected chi connectivity index (χ1v) is 8.34. The molecule has 0 rings (SSSR count). The van der Waals surface area contributed by atoms with Gasteiger partial charge >= 0.3 is 6.09 Å². The number of hydrogen-bond acceptors (Lipinski definition) is 3. The Morgan fingerprint density at radius 2 is 1.77 bits per heavy atom. The quantitative estimate of drug-likeness (QED) is 0.451. The fourth-order valence-electron chi connectivity index (χ4n) is 1.94. The van der Waals surface area contributed by atoms with Crippen LogP contribution in [0, 0.1) is 11.8 Å².